The number of nitrogens with zero attached hydrogens (tertiary/aromatic N) is 1. The molecule has 0 fully saturated rings. The van der Waals surface area contributed by atoms with E-state index in [2.05, 4.69) is 15.6 Å². The van der Waals surface area contributed by atoms with E-state index in [1.54, 1.807) is 11.3 Å². The van der Waals surface area contributed by atoms with Gasteiger partial charge in [0.25, 0.3) is 0 Å². The molecule has 2 rings (SSSR count). The van der Waals surface area contributed by atoms with Crippen LogP contribution in [0.15, 0.2) is 29.6 Å². The average Bonchev–Trinajstić information content (AvgIpc) is 2.90. The standard InChI is InChI=1S/C13H14F3N3S/c1-17-11-7-9(13(14,15)16)8-12(19-11)18-5-4-10-3-2-6-20-10/h2-3,6-8H,4-5H2,1H3,(H2,17,18,19). The second-order valence-corrected chi connectivity index (χ2v) is 5.16. The lowest BCUT2D eigenvalue weighted by molar-refractivity contribution is -0.137. The van der Waals surface area contributed by atoms with Crippen molar-refractivity contribution < 1.29 is 13.2 Å². The van der Waals surface area contributed by atoms with Gasteiger partial charge in [0.1, 0.15) is 11.6 Å². The molecule has 7 heteroatoms. The molecule has 20 heavy (non-hydrogen) atoms. The van der Waals surface area contributed by atoms with Crippen LogP contribution in [0.1, 0.15) is 10.4 Å². The van der Waals surface area contributed by atoms with Crippen molar-refractivity contribution in [3.63, 3.8) is 0 Å². The van der Waals surface area contributed by atoms with Crippen LogP contribution in [-0.4, -0.2) is 18.6 Å². The Hall–Kier alpha value is -1.76. The molecule has 0 saturated carbocycles. The summed E-state index contributed by atoms with van der Waals surface area (Å²) in [5.41, 5.74) is -0.713. The highest BCUT2D eigenvalue weighted by Crippen LogP contribution is 2.31. The molecular formula is C13H14F3N3S. The topological polar surface area (TPSA) is 37.0 Å². The minimum absolute atomic E-state index is 0.193. The third-order valence-corrected chi connectivity index (χ3v) is 3.60. The van der Waals surface area contributed by atoms with Gasteiger partial charge in [-0.1, -0.05) is 6.07 Å². The summed E-state index contributed by atoms with van der Waals surface area (Å²) < 4.78 is 38.2. The lowest BCUT2D eigenvalue weighted by Crippen LogP contribution is -2.11. The third kappa shape index (κ3) is 3.86. The Morgan fingerprint density at radius 3 is 2.60 bits per heavy atom. The van der Waals surface area contributed by atoms with E-state index < -0.39 is 11.7 Å². The van der Waals surface area contributed by atoms with Crippen LogP contribution < -0.4 is 10.6 Å². The summed E-state index contributed by atoms with van der Waals surface area (Å²) in [5, 5.41) is 7.53. The first kappa shape index (κ1) is 14.6. The van der Waals surface area contributed by atoms with E-state index in [-0.39, 0.29) is 11.6 Å². The lowest BCUT2D eigenvalue weighted by atomic mass is 10.2. The first-order valence-electron chi connectivity index (χ1n) is 6.02. The minimum Gasteiger partial charge on any atom is -0.373 e. The van der Waals surface area contributed by atoms with E-state index in [1.807, 2.05) is 17.5 Å². The van der Waals surface area contributed by atoms with Crippen molar-refractivity contribution in [2.24, 2.45) is 0 Å². The molecule has 0 amide bonds. The number of anilines is 2. The monoisotopic (exact) mass is 301 g/mol. The van der Waals surface area contributed by atoms with Crippen molar-refractivity contribution in [2.75, 3.05) is 24.2 Å². The Morgan fingerprint density at radius 2 is 2.00 bits per heavy atom. The van der Waals surface area contributed by atoms with Crippen LogP contribution in [0.25, 0.3) is 0 Å². The highest BCUT2D eigenvalue weighted by atomic mass is 32.1. The Balaban J connectivity index is 2.06. The van der Waals surface area contributed by atoms with Gasteiger partial charge < -0.3 is 10.6 Å². The summed E-state index contributed by atoms with van der Waals surface area (Å²) in [6.07, 6.45) is -3.62. The predicted molar refractivity (Wildman–Crippen MR) is 75.3 cm³/mol. The Morgan fingerprint density at radius 1 is 1.25 bits per heavy atom. The normalized spacial score (nSPS) is 11.4. The van der Waals surface area contributed by atoms with Crippen LogP contribution in [0.5, 0.6) is 0 Å². The van der Waals surface area contributed by atoms with Gasteiger partial charge in [-0.05, 0) is 30.0 Å². The van der Waals surface area contributed by atoms with Crippen LogP contribution >= 0.6 is 11.3 Å². The molecule has 3 nitrogen and oxygen atoms in total. The number of alkyl halides is 3. The zero-order valence-electron chi connectivity index (χ0n) is 10.8. The zero-order valence-corrected chi connectivity index (χ0v) is 11.6. The van der Waals surface area contributed by atoms with Gasteiger partial charge in [0.05, 0.1) is 5.56 Å². The fourth-order valence-corrected chi connectivity index (χ4v) is 2.39. The Labute approximate surface area is 118 Å². The molecule has 2 aromatic heterocycles. The number of rotatable bonds is 5. The molecule has 0 aliphatic carbocycles. The van der Waals surface area contributed by atoms with Crippen LogP contribution in [0.3, 0.4) is 0 Å². The van der Waals surface area contributed by atoms with Gasteiger partial charge in [-0.3, -0.25) is 0 Å². The summed E-state index contributed by atoms with van der Waals surface area (Å²) in [7, 11) is 1.54. The van der Waals surface area contributed by atoms with E-state index >= 15 is 0 Å². The molecular weight excluding hydrogens is 287 g/mol. The third-order valence-electron chi connectivity index (χ3n) is 2.67. The highest BCUT2D eigenvalue weighted by Gasteiger charge is 2.31. The number of hydrogen-bond acceptors (Lipinski definition) is 4. The maximum Gasteiger partial charge on any atom is 0.416 e. The average molecular weight is 301 g/mol. The zero-order chi connectivity index (χ0) is 14.6. The van der Waals surface area contributed by atoms with Crippen molar-refractivity contribution in [3.8, 4) is 0 Å². The first-order valence-corrected chi connectivity index (χ1v) is 6.90. The number of halogens is 3. The predicted octanol–water partition coefficient (Wildman–Crippen LogP) is 3.86. The van der Waals surface area contributed by atoms with Crippen molar-refractivity contribution in [2.45, 2.75) is 12.6 Å². The fraction of sp³-hybridized carbons (Fsp3) is 0.308. The van der Waals surface area contributed by atoms with Crippen molar-refractivity contribution in [1.82, 2.24) is 4.98 Å². The van der Waals surface area contributed by atoms with Crippen LogP contribution in [0, 0.1) is 0 Å². The molecule has 0 radical (unpaired) electrons. The molecule has 0 spiro atoms. The molecule has 0 saturated heterocycles. The van der Waals surface area contributed by atoms with Gasteiger partial charge in [-0.15, -0.1) is 11.3 Å². The highest BCUT2D eigenvalue weighted by molar-refractivity contribution is 7.09. The summed E-state index contributed by atoms with van der Waals surface area (Å²) in [5.74, 6) is 0.416. The summed E-state index contributed by atoms with van der Waals surface area (Å²) in [6, 6.07) is 5.95. The molecule has 2 heterocycles. The van der Waals surface area contributed by atoms with Crippen LogP contribution in [0.2, 0.25) is 0 Å². The van der Waals surface area contributed by atoms with E-state index in [0.29, 0.717) is 6.54 Å². The molecule has 108 valence electrons. The van der Waals surface area contributed by atoms with Crippen LogP contribution in [-0.2, 0) is 12.6 Å². The van der Waals surface area contributed by atoms with E-state index in [4.69, 9.17) is 0 Å². The largest absolute Gasteiger partial charge is 0.416 e. The van der Waals surface area contributed by atoms with Gasteiger partial charge >= 0.3 is 6.18 Å². The molecule has 0 aliphatic heterocycles. The number of hydrogen-bond donors (Lipinski definition) is 2. The van der Waals surface area contributed by atoms with Crippen molar-refractivity contribution >= 4 is 23.0 Å². The summed E-state index contributed by atoms with van der Waals surface area (Å²) in [6.45, 7) is 0.540. The summed E-state index contributed by atoms with van der Waals surface area (Å²) >= 11 is 1.62. The number of nitrogens with one attached hydrogen (secondary N) is 2. The van der Waals surface area contributed by atoms with Gasteiger partial charge in [0.2, 0.25) is 0 Å². The summed E-state index contributed by atoms with van der Waals surface area (Å²) in [4.78, 5) is 5.24. The van der Waals surface area contributed by atoms with Crippen molar-refractivity contribution in [1.29, 1.82) is 0 Å². The van der Waals surface area contributed by atoms with Gasteiger partial charge in [-0.2, -0.15) is 13.2 Å². The maximum absolute atomic E-state index is 12.7. The van der Waals surface area contributed by atoms with E-state index in [1.165, 1.54) is 11.9 Å². The second-order valence-electron chi connectivity index (χ2n) is 4.13. The van der Waals surface area contributed by atoms with Crippen LogP contribution in [0.4, 0.5) is 24.8 Å². The van der Waals surface area contributed by atoms with Gasteiger partial charge in [0.15, 0.2) is 0 Å². The molecule has 0 atom stereocenters. The smallest absolute Gasteiger partial charge is 0.373 e. The molecule has 2 N–H and O–H groups in total. The molecule has 0 unspecified atom stereocenters. The second kappa shape index (κ2) is 6.13. The maximum atomic E-state index is 12.7. The fourth-order valence-electron chi connectivity index (χ4n) is 1.68. The molecule has 0 bridgehead atoms. The molecule has 0 aliphatic rings. The van der Waals surface area contributed by atoms with E-state index in [0.717, 1.165) is 18.6 Å². The van der Waals surface area contributed by atoms with Crippen molar-refractivity contribution in [3.05, 3.63) is 40.1 Å². The molecule has 0 aromatic carbocycles. The van der Waals surface area contributed by atoms with E-state index in [9.17, 15) is 13.2 Å². The Kier molecular flexibility index (Phi) is 4.49. The SMILES string of the molecule is CNc1cc(C(F)(F)F)cc(NCCc2cccs2)n1. The van der Waals surface area contributed by atoms with Gasteiger partial charge in [-0.25, -0.2) is 4.98 Å². The number of thiophene rings is 1. The Bertz CT molecular complexity index is 552. The van der Waals surface area contributed by atoms with Gasteiger partial charge in [0, 0.05) is 18.5 Å². The first-order chi connectivity index (χ1) is 9.49. The minimum atomic E-state index is -4.38. The molecule has 2 aromatic rings. The number of pyridine rings is 1. The lowest BCUT2D eigenvalue weighted by Gasteiger charge is -2.12. The quantitative estimate of drug-likeness (QED) is 0.880. The number of aromatic nitrogens is 1.